The van der Waals surface area contributed by atoms with E-state index in [1.807, 2.05) is 30.5 Å². The number of carbonyl (C=O) groups excluding carboxylic acids is 1. The van der Waals surface area contributed by atoms with Crippen LogP contribution in [0.25, 0.3) is 22.2 Å². The summed E-state index contributed by atoms with van der Waals surface area (Å²) in [5.41, 5.74) is 2.85. The van der Waals surface area contributed by atoms with E-state index in [9.17, 15) is 18.0 Å². The number of aromatic amines is 1. The highest BCUT2D eigenvalue weighted by Gasteiger charge is 2.42. The fourth-order valence-corrected chi connectivity index (χ4v) is 5.31. The lowest BCUT2D eigenvalue weighted by Gasteiger charge is -2.34. The Labute approximate surface area is 234 Å². The van der Waals surface area contributed by atoms with Gasteiger partial charge in [0.1, 0.15) is 6.04 Å². The lowest BCUT2D eigenvalue weighted by molar-refractivity contribution is -0.160. The molecule has 0 spiro atoms. The largest absolute Gasteiger partial charge is 0.407 e. The van der Waals surface area contributed by atoms with Crippen molar-refractivity contribution in [3.05, 3.63) is 84.2 Å². The molecule has 40 heavy (non-hydrogen) atoms. The maximum absolute atomic E-state index is 14.1. The smallest absolute Gasteiger partial charge is 0.360 e. The summed E-state index contributed by atoms with van der Waals surface area (Å²) in [5, 5.41) is 10.1. The van der Waals surface area contributed by atoms with Crippen LogP contribution in [-0.4, -0.2) is 39.1 Å². The number of halogens is 4. The van der Waals surface area contributed by atoms with Crippen LogP contribution < -0.4 is 16.0 Å². The van der Waals surface area contributed by atoms with Crippen molar-refractivity contribution in [3.63, 3.8) is 0 Å². The highest BCUT2D eigenvalue weighted by Crippen LogP contribution is 2.36. The third kappa shape index (κ3) is 6.29. The summed E-state index contributed by atoms with van der Waals surface area (Å²) in [5.74, 6) is -0.0582. The maximum Gasteiger partial charge on any atom is 0.407 e. The number of nitrogens with one attached hydrogen (secondary N) is 4. The first-order valence-corrected chi connectivity index (χ1v) is 13.3. The number of para-hydroxylation sites is 1. The van der Waals surface area contributed by atoms with Gasteiger partial charge in [-0.05, 0) is 55.5 Å². The molecule has 3 atom stereocenters. The minimum Gasteiger partial charge on any atom is -0.360 e. The SMILES string of the molecule is C=CC(=O)Nc1ccc([C@@H](N[C@H]2CCC[C@@H](Nc3ncc(Cl)c(-c4c[nH]c5ccccc45)n3)C2)C(F)(F)F)cc1. The molecule has 0 saturated heterocycles. The van der Waals surface area contributed by atoms with E-state index in [2.05, 4.69) is 37.5 Å². The molecule has 1 aliphatic rings. The fourth-order valence-electron chi connectivity index (χ4n) is 5.12. The molecule has 1 fully saturated rings. The molecule has 0 radical (unpaired) electrons. The monoisotopic (exact) mass is 568 g/mol. The van der Waals surface area contributed by atoms with Crippen LogP contribution >= 0.6 is 11.6 Å². The highest BCUT2D eigenvalue weighted by atomic mass is 35.5. The number of aromatic nitrogens is 3. The van der Waals surface area contributed by atoms with Gasteiger partial charge in [0.15, 0.2) is 0 Å². The molecule has 4 aromatic rings. The van der Waals surface area contributed by atoms with Crippen molar-refractivity contribution < 1.29 is 18.0 Å². The van der Waals surface area contributed by atoms with Crippen molar-refractivity contribution in [2.75, 3.05) is 10.6 Å². The van der Waals surface area contributed by atoms with Gasteiger partial charge < -0.3 is 15.6 Å². The van der Waals surface area contributed by atoms with E-state index in [0.29, 0.717) is 35.2 Å². The molecule has 11 heteroatoms. The zero-order chi connectivity index (χ0) is 28.3. The Hall–Kier alpha value is -3.89. The molecular formula is C29H28ClF3N6O. The zero-order valence-corrected chi connectivity index (χ0v) is 22.2. The number of alkyl halides is 3. The Morgan fingerprint density at radius 1 is 1.12 bits per heavy atom. The summed E-state index contributed by atoms with van der Waals surface area (Å²) in [6.07, 6.45) is 2.58. The second-order valence-electron chi connectivity index (χ2n) is 9.80. The quantitative estimate of drug-likeness (QED) is 0.171. The zero-order valence-electron chi connectivity index (χ0n) is 21.4. The van der Waals surface area contributed by atoms with Gasteiger partial charge in [0.05, 0.1) is 16.9 Å². The molecular weight excluding hydrogens is 541 g/mol. The van der Waals surface area contributed by atoms with Crippen LogP contribution in [0.15, 0.2) is 73.6 Å². The molecule has 7 nitrogen and oxygen atoms in total. The van der Waals surface area contributed by atoms with Crippen LogP contribution in [0.2, 0.25) is 5.02 Å². The van der Waals surface area contributed by atoms with Gasteiger partial charge >= 0.3 is 6.18 Å². The summed E-state index contributed by atoms with van der Waals surface area (Å²) >= 11 is 6.45. The van der Waals surface area contributed by atoms with Crippen molar-refractivity contribution in [1.29, 1.82) is 0 Å². The Balaban J connectivity index is 1.29. The van der Waals surface area contributed by atoms with Crippen LogP contribution in [0.1, 0.15) is 37.3 Å². The number of amides is 1. The van der Waals surface area contributed by atoms with Gasteiger partial charge in [0, 0.05) is 40.4 Å². The number of fused-ring (bicyclic) bond motifs is 1. The predicted molar refractivity (Wildman–Crippen MR) is 151 cm³/mol. The van der Waals surface area contributed by atoms with E-state index in [-0.39, 0.29) is 17.6 Å². The predicted octanol–water partition coefficient (Wildman–Crippen LogP) is 7.02. The van der Waals surface area contributed by atoms with E-state index in [4.69, 9.17) is 11.6 Å². The van der Waals surface area contributed by atoms with Gasteiger partial charge in [-0.3, -0.25) is 10.1 Å². The Kier molecular flexibility index (Phi) is 8.09. The molecule has 0 unspecified atom stereocenters. The molecule has 2 heterocycles. The molecule has 4 N–H and O–H groups in total. The summed E-state index contributed by atoms with van der Waals surface area (Å²) in [4.78, 5) is 23.7. The van der Waals surface area contributed by atoms with Crippen LogP contribution in [0.5, 0.6) is 0 Å². The molecule has 0 bridgehead atoms. The standard InChI is InChI=1S/C29H28ClF3N6O/c1-2-25(40)36-18-12-10-17(11-13-18)27(29(31,32)33)37-19-6-5-7-20(14-19)38-28-35-16-23(30)26(39-28)22-15-34-24-9-4-3-8-21(22)24/h2-4,8-13,15-16,19-20,27,34,37H,1,5-7,14H2,(H,36,40)(H,35,38,39)/t19-,20+,27+/m0/s1. The van der Waals surface area contributed by atoms with Crippen molar-refractivity contribution in [1.82, 2.24) is 20.3 Å². The summed E-state index contributed by atoms with van der Waals surface area (Å²) in [6.45, 7) is 3.37. The second kappa shape index (κ2) is 11.7. The number of anilines is 2. The third-order valence-corrected chi connectivity index (χ3v) is 7.30. The second-order valence-corrected chi connectivity index (χ2v) is 10.2. The number of nitrogens with zero attached hydrogens (tertiary/aromatic N) is 2. The summed E-state index contributed by atoms with van der Waals surface area (Å²) < 4.78 is 42.3. The third-order valence-electron chi connectivity index (χ3n) is 7.02. The minimum absolute atomic E-state index is 0.0728. The minimum atomic E-state index is -4.50. The first kappa shape index (κ1) is 27.7. The van der Waals surface area contributed by atoms with E-state index in [0.717, 1.165) is 35.4 Å². The molecule has 1 aliphatic carbocycles. The van der Waals surface area contributed by atoms with Crippen molar-refractivity contribution in [2.24, 2.45) is 0 Å². The van der Waals surface area contributed by atoms with Crippen molar-refractivity contribution >= 4 is 40.0 Å². The first-order valence-electron chi connectivity index (χ1n) is 12.9. The lowest BCUT2D eigenvalue weighted by atomic mass is 9.90. The molecule has 1 saturated carbocycles. The highest BCUT2D eigenvalue weighted by molar-refractivity contribution is 6.33. The average molecular weight is 569 g/mol. The molecule has 0 aliphatic heterocycles. The van der Waals surface area contributed by atoms with Gasteiger partial charge in [0.2, 0.25) is 11.9 Å². The van der Waals surface area contributed by atoms with Crippen molar-refractivity contribution in [3.8, 4) is 11.3 Å². The van der Waals surface area contributed by atoms with Crippen LogP contribution in [-0.2, 0) is 4.79 Å². The Bertz CT molecular complexity index is 1500. The van der Waals surface area contributed by atoms with Gasteiger partial charge in [0.25, 0.3) is 0 Å². The van der Waals surface area contributed by atoms with E-state index in [1.165, 1.54) is 30.5 Å². The summed E-state index contributed by atoms with van der Waals surface area (Å²) in [6, 6.07) is 11.1. The molecule has 1 amide bonds. The lowest BCUT2D eigenvalue weighted by Crippen LogP contribution is -2.45. The van der Waals surface area contributed by atoms with Crippen LogP contribution in [0.4, 0.5) is 24.8 Å². The Morgan fingerprint density at radius 3 is 2.62 bits per heavy atom. The van der Waals surface area contributed by atoms with Gasteiger partial charge in [-0.1, -0.05) is 48.5 Å². The molecule has 5 rings (SSSR count). The topological polar surface area (TPSA) is 94.7 Å². The number of carbonyl (C=O) groups is 1. The summed E-state index contributed by atoms with van der Waals surface area (Å²) in [7, 11) is 0. The van der Waals surface area contributed by atoms with Gasteiger partial charge in [-0.15, -0.1) is 0 Å². The number of hydrogen-bond donors (Lipinski definition) is 4. The van der Waals surface area contributed by atoms with Crippen LogP contribution in [0, 0.1) is 0 Å². The normalized spacial score (nSPS) is 18.3. The number of hydrogen-bond acceptors (Lipinski definition) is 5. The Morgan fingerprint density at radius 2 is 1.88 bits per heavy atom. The number of benzene rings is 2. The maximum atomic E-state index is 14.1. The first-order chi connectivity index (χ1) is 19.2. The fraction of sp³-hybridized carbons (Fsp3) is 0.276. The molecule has 2 aromatic heterocycles. The van der Waals surface area contributed by atoms with E-state index < -0.39 is 18.1 Å². The average Bonchev–Trinajstić information content (AvgIpc) is 3.37. The van der Waals surface area contributed by atoms with E-state index in [1.54, 1.807) is 0 Å². The molecule has 208 valence electrons. The van der Waals surface area contributed by atoms with Gasteiger partial charge in [-0.25, -0.2) is 9.97 Å². The van der Waals surface area contributed by atoms with Crippen molar-refractivity contribution in [2.45, 2.75) is 50.0 Å². The van der Waals surface area contributed by atoms with E-state index >= 15 is 0 Å². The number of rotatable bonds is 8. The number of H-pyrrole nitrogens is 1. The van der Waals surface area contributed by atoms with Crippen LogP contribution in [0.3, 0.4) is 0 Å². The molecule has 2 aromatic carbocycles. The van der Waals surface area contributed by atoms with Gasteiger partial charge in [-0.2, -0.15) is 13.2 Å².